The molecule has 0 aliphatic rings. The molecule has 0 heterocycles. The summed E-state index contributed by atoms with van der Waals surface area (Å²) in [7, 11) is 1.64. The van der Waals surface area contributed by atoms with Crippen LogP contribution in [0.1, 0.15) is 24.9 Å². The van der Waals surface area contributed by atoms with Crippen LogP contribution in [0.3, 0.4) is 0 Å². The molecule has 4 heteroatoms. The highest BCUT2D eigenvalue weighted by Gasteiger charge is 2.05. The summed E-state index contributed by atoms with van der Waals surface area (Å²) in [6.45, 7) is 2.73. The topological polar surface area (TPSA) is 41.1 Å². The van der Waals surface area contributed by atoms with Gasteiger partial charge in [0.25, 0.3) is 0 Å². The van der Waals surface area contributed by atoms with Crippen LogP contribution in [-0.4, -0.2) is 19.5 Å². The molecule has 0 fully saturated rings. The van der Waals surface area contributed by atoms with Crippen LogP contribution in [0.25, 0.3) is 0 Å². The fourth-order valence-electron chi connectivity index (χ4n) is 1.40. The predicted molar refractivity (Wildman–Crippen MR) is 66.6 cm³/mol. The zero-order chi connectivity index (χ0) is 12.0. The van der Waals surface area contributed by atoms with Crippen LogP contribution >= 0.6 is 11.6 Å². The third-order valence-electron chi connectivity index (χ3n) is 2.45. The molecule has 0 aliphatic heterocycles. The molecular formula is C12H17ClN2O. The third-order valence-corrected chi connectivity index (χ3v) is 2.70. The van der Waals surface area contributed by atoms with Gasteiger partial charge < -0.3 is 10.6 Å². The van der Waals surface area contributed by atoms with Gasteiger partial charge in [0.2, 0.25) is 5.91 Å². The van der Waals surface area contributed by atoms with Gasteiger partial charge in [-0.1, -0.05) is 23.7 Å². The normalized spacial score (nSPS) is 12.2. The first-order valence-electron chi connectivity index (χ1n) is 5.33. The van der Waals surface area contributed by atoms with Crippen molar-refractivity contribution < 1.29 is 4.79 Å². The number of halogens is 1. The van der Waals surface area contributed by atoms with Gasteiger partial charge in [-0.25, -0.2) is 0 Å². The fraction of sp³-hybridized carbons (Fsp3) is 0.417. The van der Waals surface area contributed by atoms with Gasteiger partial charge in [-0.2, -0.15) is 0 Å². The van der Waals surface area contributed by atoms with Gasteiger partial charge in [-0.15, -0.1) is 0 Å². The molecule has 3 nitrogen and oxygen atoms in total. The van der Waals surface area contributed by atoms with E-state index in [1.807, 2.05) is 24.3 Å². The maximum Gasteiger partial charge on any atom is 0.221 e. The van der Waals surface area contributed by atoms with Gasteiger partial charge in [0.05, 0.1) is 0 Å². The minimum absolute atomic E-state index is 0.0517. The lowest BCUT2D eigenvalue weighted by Crippen LogP contribution is -2.26. The quantitative estimate of drug-likeness (QED) is 0.828. The molecule has 0 bridgehead atoms. The molecule has 0 aliphatic carbocycles. The molecule has 88 valence electrons. The van der Waals surface area contributed by atoms with Crippen molar-refractivity contribution in [3.05, 3.63) is 34.9 Å². The molecule has 1 rings (SSSR count). The molecule has 1 aromatic carbocycles. The maximum atomic E-state index is 11.0. The van der Waals surface area contributed by atoms with E-state index in [0.717, 1.165) is 5.02 Å². The smallest absolute Gasteiger partial charge is 0.221 e. The summed E-state index contributed by atoms with van der Waals surface area (Å²) in [5.74, 6) is 0.0517. The molecule has 0 saturated heterocycles. The Labute approximate surface area is 101 Å². The van der Waals surface area contributed by atoms with E-state index in [2.05, 4.69) is 17.6 Å². The molecule has 0 radical (unpaired) electrons. The molecule has 1 aromatic rings. The van der Waals surface area contributed by atoms with Crippen molar-refractivity contribution in [1.82, 2.24) is 10.6 Å². The summed E-state index contributed by atoms with van der Waals surface area (Å²) in [6.07, 6.45) is 0.494. The molecule has 0 aromatic heterocycles. The van der Waals surface area contributed by atoms with Crippen LogP contribution in [0.4, 0.5) is 0 Å². The molecule has 0 unspecified atom stereocenters. The van der Waals surface area contributed by atoms with Crippen molar-refractivity contribution in [1.29, 1.82) is 0 Å². The van der Waals surface area contributed by atoms with E-state index in [-0.39, 0.29) is 11.9 Å². The van der Waals surface area contributed by atoms with Crippen LogP contribution in [0.15, 0.2) is 24.3 Å². The van der Waals surface area contributed by atoms with E-state index < -0.39 is 0 Å². The van der Waals surface area contributed by atoms with Crippen LogP contribution < -0.4 is 10.6 Å². The lowest BCUT2D eigenvalue weighted by Gasteiger charge is -2.13. The summed E-state index contributed by atoms with van der Waals surface area (Å²) in [5.41, 5.74) is 1.17. The third kappa shape index (κ3) is 4.21. The SMILES string of the molecule is CNC(=O)CCN[C@@H](C)c1ccc(Cl)cc1. The molecular weight excluding hydrogens is 224 g/mol. The highest BCUT2D eigenvalue weighted by Crippen LogP contribution is 2.15. The van der Waals surface area contributed by atoms with Crippen molar-refractivity contribution in [3.8, 4) is 0 Å². The second-order valence-electron chi connectivity index (χ2n) is 3.65. The molecule has 0 spiro atoms. The monoisotopic (exact) mass is 240 g/mol. The zero-order valence-electron chi connectivity index (χ0n) is 9.59. The van der Waals surface area contributed by atoms with E-state index in [1.54, 1.807) is 7.05 Å². The first-order valence-corrected chi connectivity index (χ1v) is 5.70. The Hall–Kier alpha value is -1.06. The average Bonchev–Trinajstić information content (AvgIpc) is 2.29. The summed E-state index contributed by atoms with van der Waals surface area (Å²) in [4.78, 5) is 11.0. The van der Waals surface area contributed by atoms with Crippen molar-refractivity contribution in [2.24, 2.45) is 0 Å². The van der Waals surface area contributed by atoms with Gasteiger partial charge in [0.1, 0.15) is 0 Å². The predicted octanol–water partition coefficient (Wildman–Crippen LogP) is 2.13. The fourth-order valence-corrected chi connectivity index (χ4v) is 1.52. The number of nitrogens with one attached hydrogen (secondary N) is 2. The Morgan fingerprint density at radius 1 is 1.38 bits per heavy atom. The van der Waals surface area contributed by atoms with Gasteiger partial charge in [-0.05, 0) is 24.6 Å². The van der Waals surface area contributed by atoms with Crippen LogP contribution in [0.5, 0.6) is 0 Å². The molecule has 16 heavy (non-hydrogen) atoms. The van der Waals surface area contributed by atoms with Crippen LogP contribution in [-0.2, 0) is 4.79 Å². The van der Waals surface area contributed by atoms with Crippen LogP contribution in [0, 0.1) is 0 Å². The molecule has 1 amide bonds. The average molecular weight is 241 g/mol. The zero-order valence-corrected chi connectivity index (χ0v) is 10.3. The van der Waals surface area contributed by atoms with Gasteiger partial charge in [0, 0.05) is 31.1 Å². The number of hydrogen-bond acceptors (Lipinski definition) is 2. The first-order chi connectivity index (χ1) is 7.63. The highest BCUT2D eigenvalue weighted by atomic mass is 35.5. The lowest BCUT2D eigenvalue weighted by molar-refractivity contribution is -0.120. The Morgan fingerprint density at radius 2 is 2.00 bits per heavy atom. The number of amides is 1. The van der Waals surface area contributed by atoms with E-state index in [1.165, 1.54) is 5.56 Å². The number of benzene rings is 1. The van der Waals surface area contributed by atoms with Crippen molar-refractivity contribution in [2.45, 2.75) is 19.4 Å². The van der Waals surface area contributed by atoms with Crippen molar-refractivity contribution >= 4 is 17.5 Å². The van der Waals surface area contributed by atoms with E-state index >= 15 is 0 Å². The number of hydrogen-bond donors (Lipinski definition) is 2. The summed E-state index contributed by atoms with van der Waals surface area (Å²) in [6, 6.07) is 7.93. The van der Waals surface area contributed by atoms with Crippen LogP contribution in [0.2, 0.25) is 5.02 Å². The Morgan fingerprint density at radius 3 is 2.56 bits per heavy atom. The Bertz CT molecular complexity index is 337. The Kier molecular flexibility index (Phi) is 5.29. The lowest BCUT2D eigenvalue weighted by atomic mass is 10.1. The first kappa shape index (κ1) is 13.0. The van der Waals surface area contributed by atoms with Gasteiger partial charge in [-0.3, -0.25) is 4.79 Å². The Balaban J connectivity index is 2.37. The summed E-state index contributed by atoms with van der Waals surface area (Å²) < 4.78 is 0. The summed E-state index contributed by atoms with van der Waals surface area (Å²) >= 11 is 5.81. The van der Waals surface area contributed by atoms with E-state index in [0.29, 0.717) is 13.0 Å². The minimum Gasteiger partial charge on any atom is -0.359 e. The molecule has 0 saturated carbocycles. The minimum atomic E-state index is 0.0517. The summed E-state index contributed by atoms with van der Waals surface area (Å²) in [5, 5.41) is 6.61. The maximum absolute atomic E-state index is 11.0. The van der Waals surface area contributed by atoms with Crippen molar-refractivity contribution in [2.75, 3.05) is 13.6 Å². The number of rotatable bonds is 5. The van der Waals surface area contributed by atoms with Gasteiger partial charge in [0.15, 0.2) is 0 Å². The second-order valence-corrected chi connectivity index (χ2v) is 4.09. The van der Waals surface area contributed by atoms with Gasteiger partial charge >= 0.3 is 0 Å². The standard InChI is InChI=1S/C12H17ClN2O/c1-9(15-8-7-12(16)14-2)10-3-5-11(13)6-4-10/h3-6,9,15H,7-8H2,1-2H3,(H,14,16)/t9-/m0/s1. The number of carbonyl (C=O) groups excluding carboxylic acids is 1. The highest BCUT2D eigenvalue weighted by molar-refractivity contribution is 6.30. The largest absolute Gasteiger partial charge is 0.359 e. The van der Waals surface area contributed by atoms with Crippen molar-refractivity contribution in [3.63, 3.8) is 0 Å². The van der Waals surface area contributed by atoms with E-state index in [9.17, 15) is 4.79 Å². The van der Waals surface area contributed by atoms with E-state index in [4.69, 9.17) is 11.6 Å². The molecule has 1 atom stereocenters. The second kappa shape index (κ2) is 6.51. The molecule has 2 N–H and O–H groups in total. The number of carbonyl (C=O) groups is 1.